The normalized spacial score (nSPS) is 19.6. The molecule has 1 saturated carbocycles. The van der Waals surface area contributed by atoms with Crippen molar-refractivity contribution in [1.29, 1.82) is 0 Å². The summed E-state index contributed by atoms with van der Waals surface area (Å²) in [5.41, 5.74) is 5.80. The Labute approximate surface area is 238 Å². The maximum atomic E-state index is 13.8. The summed E-state index contributed by atoms with van der Waals surface area (Å²) in [5.74, 6) is -0.798. The van der Waals surface area contributed by atoms with E-state index in [0.29, 0.717) is 16.3 Å². The van der Waals surface area contributed by atoms with Crippen LogP contribution in [0.3, 0.4) is 0 Å². The van der Waals surface area contributed by atoms with E-state index >= 15 is 0 Å². The van der Waals surface area contributed by atoms with Crippen molar-refractivity contribution in [3.8, 4) is 0 Å². The third kappa shape index (κ3) is 4.88. The van der Waals surface area contributed by atoms with Crippen LogP contribution in [0.15, 0.2) is 88.6 Å². The van der Waals surface area contributed by atoms with Crippen LogP contribution in [0.4, 0.5) is 8.78 Å². The molecule has 1 aliphatic heterocycles. The smallest absolute Gasteiger partial charge is 0.253 e. The van der Waals surface area contributed by atoms with Gasteiger partial charge in [-0.3, -0.25) is 4.79 Å². The lowest BCUT2D eigenvalue weighted by atomic mass is 9.77. The van der Waals surface area contributed by atoms with Gasteiger partial charge in [0.15, 0.2) is 5.65 Å². The van der Waals surface area contributed by atoms with Gasteiger partial charge in [-0.1, -0.05) is 54.2 Å². The lowest BCUT2D eigenvalue weighted by Gasteiger charge is -2.29. The van der Waals surface area contributed by atoms with Gasteiger partial charge in [0.05, 0.1) is 17.5 Å². The molecule has 1 aliphatic carbocycles. The summed E-state index contributed by atoms with van der Waals surface area (Å²) in [4.78, 5) is 21.5. The van der Waals surface area contributed by atoms with Crippen molar-refractivity contribution in [3.05, 3.63) is 101 Å². The van der Waals surface area contributed by atoms with Crippen LogP contribution in [0.1, 0.15) is 36.4 Å². The highest BCUT2D eigenvalue weighted by molar-refractivity contribution is 7.99. The lowest BCUT2D eigenvalue weighted by molar-refractivity contribution is -0.130. The minimum atomic E-state index is -0.356. The van der Waals surface area contributed by atoms with Gasteiger partial charge in [-0.15, -0.1) is 10.2 Å². The van der Waals surface area contributed by atoms with Gasteiger partial charge in [0.2, 0.25) is 5.16 Å². The summed E-state index contributed by atoms with van der Waals surface area (Å²) in [6.07, 6.45) is 4.60. The number of hydrogen-bond acceptors (Lipinski definition) is 6. The van der Waals surface area contributed by atoms with Gasteiger partial charge in [-0.25, -0.2) is 18.8 Å². The summed E-state index contributed by atoms with van der Waals surface area (Å²) in [6.45, 7) is 0. The molecule has 0 bridgehead atoms. The van der Waals surface area contributed by atoms with Gasteiger partial charge in [-0.2, -0.15) is 5.10 Å². The van der Waals surface area contributed by atoms with E-state index < -0.39 is 0 Å². The number of amides is 1. The van der Waals surface area contributed by atoms with E-state index in [1.54, 1.807) is 29.3 Å². The fourth-order valence-corrected chi connectivity index (χ4v) is 6.36. The number of benzene rings is 3. The number of nitrogens with one attached hydrogen (secondary N) is 1. The Kier molecular flexibility index (Phi) is 6.54. The minimum Gasteiger partial charge on any atom is -0.338 e. The summed E-state index contributed by atoms with van der Waals surface area (Å²) >= 11 is 1.20. The molecular weight excluding hydrogens is 542 g/mol. The Morgan fingerprint density at radius 1 is 1.00 bits per heavy atom. The van der Waals surface area contributed by atoms with Crippen LogP contribution in [-0.2, 0) is 4.79 Å². The first-order valence-electron chi connectivity index (χ1n) is 13.4. The van der Waals surface area contributed by atoms with Crippen molar-refractivity contribution in [2.24, 2.45) is 11.0 Å². The third-order valence-electron chi connectivity index (χ3n) is 7.61. The molecule has 1 amide bonds. The van der Waals surface area contributed by atoms with Gasteiger partial charge < -0.3 is 4.98 Å². The zero-order chi connectivity index (χ0) is 27.9. The number of thioether (sulfide) groups is 1. The standard InChI is InChI=1S/C31H24F2N6OS/c32-21-12-8-18(9-13-21)16-20-4-3-6-24-27(20)38-39(29(24)19-10-14-22(33)15-11-19)26(40)17-41-31-35-30-28(36-37-31)23-5-1-2-7-25(23)34-30/h1-2,5,7-16,24,29H,3-4,6,17H2,(H,34,35,37)/b20-16-/t24-,29+/m0/s1. The molecule has 0 spiro atoms. The van der Waals surface area contributed by atoms with E-state index in [1.807, 2.05) is 30.3 Å². The molecule has 3 aromatic carbocycles. The van der Waals surface area contributed by atoms with E-state index in [9.17, 15) is 13.6 Å². The van der Waals surface area contributed by atoms with Crippen LogP contribution >= 0.6 is 11.8 Å². The van der Waals surface area contributed by atoms with E-state index in [1.165, 1.54) is 36.0 Å². The van der Waals surface area contributed by atoms with Crippen molar-refractivity contribution in [1.82, 2.24) is 25.2 Å². The van der Waals surface area contributed by atoms with Crippen LogP contribution in [-0.4, -0.2) is 42.5 Å². The SMILES string of the molecule is O=C(CSc1nnc2c(n1)[nH]c1ccccc12)N1N=C2/C(=C\c3ccc(F)cc3)CCC[C@@H]2[C@H]1c1ccc(F)cc1. The largest absolute Gasteiger partial charge is 0.338 e. The highest BCUT2D eigenvalue weighted by atomic mass is 32.2. The first-order valence-corrected chi connectivity index (χ1v) is 14.4. The number of aromatic nitrogens is 4. The molecule has 2 atom stereocenters. The zero-order valence-electron chi connectivity index (χ0n) is 21.8. The van der Waals surface area contributed by atoms with Gasteiger partial charge in [0, 0.05) is 16.8 Å². The quantitative estimate of drug-likeness (QED) is 0.239. The van der Waals surface area contributed by atoms with E-state index in [2.05, 4.69) is 20.2 Å². The summed E-state index contributed by atoms with van der Waals surface area (Å²) < 4.78 is 27.3. The third-order valence-corrected chi connectivity index (χ3v) is 8.43. The second-order valence-electron chi connectivity index (χ2n) is 10.2. The van der Waals surface area contributed by atoms with E-state index in [-0.39, 0.29) is 35.3 Å². The molecule has 0 saturated heterocycles. The van der Waals surface area contributed by atoms with Gasteiger partial charge in [0.25, 0.3) is 5.91 Å². The lowest BCUT2D eigenvalue weighted by Crippen LogP contribution is -2.32. The first-order chi connectivity index (χ1) is 20.0. The highest BCUT2D eigenvalue weighted by Crippen LogP contribution is 2.44. The van der Waals surface area contributed by atoms with Crippen molar-refractivity contribution in [2.75, 3.05) is 5.75 Å². The number of aromatic amines is 1. The van der Waals surface area contributed by atoms with Crippen molar-refractivity contribution >= 4 is 51.5 Å². The van der Waals surface area contributed by atoms with Crippen LogP contribution in [0.5, 0.6) is 0 Å². The Bertz CT molecular complexity index is 1830. The molecule has 1 fully saturated rings. The van der Waals surface area contributed by atoms with Gasteiger partial charge >= 0.3 is 0 Å². The molecule has 2 aliphatic rings. The second kappa shape index (κ2) is 10.5. The maximum Gasteiger partial charge on any atom is 0.253 e. The molecule has 7 nitrogen and oxygen atoms in total. The highest BCUT2D eigenvalue weighted by Gasteiger charge is 2.43. The molecule has 7 rings (SSSR count). The predicted octanol–water partition coefficient (Wildman–Crippen LogP) is 6.70. The Balaban J connectivity index is 1.18. The molecular formula is C31H24F2N6OS. The fourth-order valence-electron chi connectivity index (χ4n) is 5.72. The minimum absolute atomic E-state index is 0.0320. The molecule has 3 heterocycles. The van der Waals surface area contributed by atoms with Crippen molar-refractivity contribution < 1.29 is 13.6 Å². The summed E-state index contributed by atoms with van der Waals surface area (Å²) in [5, 5.41) is 16.3. The van der Waals surface area contributed by atoms with Gasteiger partial charge in [-0.05, 0) is 72.4 Å². The number of para-hydroxylation sites is 1. The molecule has 41 heavy (non-hydrogen) atoms. The molecule has 5 aromatic rings. The Hall–Kier alpha value is -4.44. The van der Waals surface area contributed by atoms with Crippen LogP contribution in [0.25, 0.3) is 28.1 Å². The molecule has 10 heteroatoms. The molecule has 1 N–H and O–H groups in total. The molecule has 0 radical (unpaired) electrons. The number of nitrogens with zero attached hydrogens (tertiary/aromatic N) is 5. The van der Waals surface area contributed by atoms with E-state index in [4.69, 9.17) is 5.10 Å². The molecule has 204 valence electrons. The maximum absolute atomic E-state index is 13.8. The monoisotopic (exact) mass is 566 g/mol. The number of halogens is 2. The zero-order valence-corrected chi connectivity index (χ0v) is 22.6. The summed E-state index contributed by atoms with van der Waals surface area (Å²) in [6, 6.07) is 20.0. The van der Waals surface area contributed by atoms with Crippen LogP contribution < -0.4 is 0 Å². The van der Waals surface area contributed by atoms with E-state index in [0.717, 1.165) is 52.6 Å². The number of carbonyl (C=O) groups is 1. The average Bonchev–Trinajstić information content (AvgIpc) is 3.57. The number of fused-ring (bicyclic) bond motifs is 4. The van der Waals surface area contributed by atoms with Gasteiger partial charge in [0.1, 0.15) is 17.2 Å². The van der Waals surface area contributed by atoms with Crippen LogP contribution in [0, 0.1) is 17.6 Å². The van der Waals surface area contributed by atoms with Crippen molar-refractivity contribution in [3.63, 3.8) is 0 Å². The molecule has 2 aromatic heterocycles. The van der Waals surface area contributed by atoms with Crippen LogP contribution in [0.2, 0.25) is 0 Å². The topological polar surface area (TPSA) is 87.1 Å². The Morgan fingerprint density at radius 2 is 1.76 bits per heavy atom. The first kappa shape index (κ1) is 25.5. The number of carbonyl (C=O) groups excluding carboxylic acids is 1. The number of hydrazone groups is 1. The summed E-state index contributed by atoms with van der Waals surface area (Å²) in [7, 11) is 0. The predicted molar refractivity (Wildman–Crippen MR) is 155 cm³/mol. The Morgan fingerprint density at radius 3 is 2.56 bits per heavy atom. The molecule has 0 unspecified atom stereocenters. The number of hydrogen-bond donors (Lipinski definition) is 1. The number of allylic oxidation sites excluding steroid dienone is 1. The average molecular weight is 567 g/mol. The number of H-pyrrole nitrogens is 1. The second-order valence-corrected chi connectivity index (χ2v) is 11.1. The van der Waals surface area contributed by atoms with Crippen molar-refractivity contribution in [2.45, 2.75) is 30.5 Å². The number of rotatable bonds is 5. The fraction of sp³-hybridized carbons (Fsp3) is 0.194.